The maximum atomic E-state index is 13.4. The van der Waals surface area contributed by atoms with Crippen molar-refractivity contribution in [1.29, 1.82) is 0 Å². The number of anilines is 2. The molecule has 41 heavy (non-hydrogen) atoms. The largest absolute Gasteiger partial charge is 0.325 e. The fraction of sp³-hybridized carbons (Fsp3) is 0.121. The Labute approximate surface area is 252 Å². The number of halogens is 1. The van der Waals surface area contributed by atoms with E-state index >= 15 is 0 Å². The van der Waals surface area contributed by atoms with E-state index in [1.165, 1.54) is 11.8 Å². The lowest BCUT2D eigenvalue weighted by molar-refractivity contribution is -0.115. The molecule has 0 saturated heterocycles. The number of hydrogen-bond acceptors (Lipinski definition) is 4. The van der Waals surface area contributed by atoms with E-state index in [1.807, 2.05) is 81.4 Å². The molecule has 0 saturated carbocycles. The number of aryl methyl sites for hydroxylation is 1. The molecular weight excluding hydrogens is 598 g/mol. The van der Waals surface area contributed by atoms with Crippen molar-refractivity contribution >= 4 is 62.9 Å². The summed E-state index contributed by atoms with van der Waals surface area (Å²) < 4.78 is 0.903. The van der Waals surface area contributed by atoms with Crippen molar-refractivity contribution in [1.82, 2.24) is 5.32 Å². The minimum absolute atomic E-state index is 0.0977. The van der Waals surface area contributed by atoms with Crippen molar-refractivity contribution < 1.29 is 14.4 Å². The van der Waals surface area contributed by atoms with Crippen molar-refractivity contribution in [3.05, 3.63) is 129 Å². The van der Waals surface area contributed by atoms with Crippen molar-refractivity contribution in [2.75, 3.05) is 10.6 Å². The molecule has 4 aromatic carbocycles. The van der Waals surface area contributed by atoms with Gasteiger partial charge in [-0.3, -0.25) is 14.4 Å². The molecule has 4 rings (SSSR count). The monoisotopic (exact) mass is 627 g/mol. The lowest BCUT2D eigenvalue weighted by atomic mass is 10.1. The Morgan fingerprint density at radius 3 is 2.27 bits per heavy atom. The fourth-order valence-electron chi connectivity index (χ4n) is 3.89. The molecule has 208 valence electrons. The van der Waals surface area contributed by atoms with Crippen molar-refractivity contribution in [3.8, 4) is 0 Å². The summed E-state index contributed by atoms with van der Waals surface area (Å²) in [4.78, 5) is 40.0. The molecule has 0 aliphatic heterocycles. The van der Waals surface area contributed by atoms with Crippen LogP contribution in [-0.2, 0) is 9.59 Å². The van der Waals surface area contributed by atoms with E-state index in [2.05, 4.69) is 31.9 Å². The minimum Gasteiger partial charge on any atom is -0.325 e. The van der Waals surface area contributed by atoms with Gasteiger partial charge < -0.3 is 16.0 Å². The summed E-state index contributed by atoms with van der Waals surface area (Å²) in [5.74, 6) is -0.973. The first-order valence-corrected chi connectivity index (χ1v) is 14.7. The van der Waals surface area contributed by atoms with Crippen molar-refractivity contribution in [2.24, 2.45) is 0 Å². The summed E-state index contributed by atoms with van der Waals surface area (Å²) in [6.07, 6.45) is 1.63. The normalized spacial score (nSPS) is 11.9. The molecule has 0 spiro atoms. The Balaban J connectivity index is 1.48. The van der Waals surface area contributed by atoms with Crippen LogP contribution in [0.4, 0.5) is 11.4 Å². The van der Waals surface area contributed by atoms with Gasteiger partial charge in [0.2, 0.25) is 5.91 Å². The number of rotatable bonds is 9. The van der Waals surface area contributed by atoms with Gasteiger partial charge in [0.1, 0.15) is 5.70 Å². The molecule has 1 atom stereocenters. The minimum atomic E-state index is -0.472. The average Bonchev–Trinajstić information content (AvgIpc) is 2.96. The van der Waals surface area contributed by atoms with Gasteiger partial charge in [-0.15, -0.1) is 11.8 Å². The highest BCUT2D eigenvalue weighted by molar-refractivity contribution is 9.10. The highest BCUT2D eigenvalue weighted by Gasteiger charge is 2.18. The maximum absolute atomic E-state index is 13.4. The quantitative estimate of drug-likeness (QED) is 0.132. The molecule has 0 heterocycles. The summed E-state index contributed by atoms with van der Waals surface area (Å²) in [6, 6.07) is 29.2. The molecule has 3 amide bonds. The second-order valence-corrected chi connectivity index (χ2v) is 11.7. The number of nitrogens with one attached hydrogen (secondary N) is 3. The molecule has 1 unspecified atom stereocenters. The molecule has 0 bridgehead atoms. The van der Waals surface area contributed by atoms with E-state index in [4.69, 9.17) is 0 Å². The van der Waals surface area contributed by atoms with E-state index in [0.29, 0.717) is 11.3 Å². The van der Waals surface area contributed by atoms with Crippen LogP contribution in [-0.4, -0.2) is 23.0 Å². The third-order valence-corrected chi connectivity index (χ3v) is 7.97. The number of amides is 3. The van der Waals surface area contributed by atoms with Gasteiger partial charge >= 0.3 is 0 Å². The van der Waals surface area contributed by atoms with Gasteiger partial charge in [-0.05, 0) is 92.1 Å². The van der Waals surface area contributed by atoms with Gasteiger partial charge in [-0.2, -0.15) is 0 Å². The van der Waals surface area contributed by atoms with Gasteiger partial charge in [-0.1, -0.05) is 64.5 Å². The first kappa shape index (κ1) is 29.8. The van der Waals surface area contributed by atoms with Crippen LogP contribution < -0.4 is 16.0 Å². The molecular formula is C33H30BrN3O3S. The molecule has 6 nitrogen and oxygen atoms in total. The Hall–Kier alpha value is -4.14. The number of carbonyl (C=O) groups is 3. The zero-order chi connectivity index (χ0) is 29.4. The third-order valence-electron chi connectivity index (χ3n) is 6.35. The number of carbonyl (C=O) groups excluding carboxylic acids is 3. The Kier molecular flexibility index (Phi) is 10.2. The topological polar surface area (TPSA) is 87.3 Å². The predicted molar refractivity (Wildman–Crippen MR) is 171 cm³/mol. The SMILES string of the molecule is Cc1cccc(NC(=O)C(C)Sc2cccc(NC(=O)/C(=C\c3ccc(Br)cc3)NC(=O)c3ccccc3)c2)c1C. The van der Waals surface area contributed by atoms with Crippen molar-refractivity contribution in [3.63, 3.8) is 0 Å². The Morgan fingerprint density at radius 2 is 1.54 bits per heavy atom. The standard InChI is InChI=1S/C33H30BrN3O3S/c1-21-9-7-14-29(22(21)2)36-31(38)23(3)41-28-13-8-12-27(20-28)35-33(40)30(19-24-15-17-26(34)18-16-24)37-32(39)25-10-5-4-6-11-25/h4-20,23H,1-3H3,(H,35,40)(H,36,38)(H,37,39)/b30-19+. The van der Waals surface area contributed by atoms with Crippen LogP contribution in [0.5, 0.6) is 0 Å². The number of thioether (sulfide) groups is 1. The van der Waals surface area contributed by atoms with Gasteiger partial charge in [-0.25, -0.2) is 0 Å². The third kappa shape index (κ3) is 8.42. The fourth-order valence-corrected chi connectivity index (χ4v) is 5.08. The van der Waals surface area contributed by atoms with E-state index in [0.717, 1.165) is 31.7 Å². The first-order valence-electron chi connectivity index (χ1n) is 13.0. The zero-order valence-corrected chi connectivity index (χ0v) is 25.3. The molecule has 4 aromatic rings. The molecule has 8 heteroatoms. The van der Waals surface area contributed by atoms with Crippen molar-refractivity contribution in [2.45, 2.75) is 30.9 Å². The first-order chi connectivity index (χ1) is 19.7. The van der Waals surface area contributed by atoms with Crippen LogP contribution in [0.15, 0.2) is 112 Å². The summed E-state index contributed by atoms with van der Waals surface area (Å²) >= 11 is 4.80. The molecule has 0 radical (unpaired) electrons. The van der Waals surface area contributed by atoms with Gasteiger partial charge in [0.05, 0.1) is 5.25 Å². The van der Waals surface area contributed by atoms with Crippen LogP contribution in [0, 0.1) is 13.8 Å². The molecule has 0 aromatic heterocycles. The molecule has 0 aliphatic carbocycles. The average molecular weight is 629 g/mol. The Morgan fingerprint density at radius 1 is 0.829 bits per heavy atom. The predicted octanol–water partition coefficient (Wildman–Crippen LogP) is 7.59. The van der Waals surface area contributed by atoms with Gasteiger partial charge in [0, 0.05) is 26.3 Å². The Bertz CT molecular complexity index is 1590. The molecule has 0 aliphatic rings. The second kappa shape index (κ2) is 14.0. The lowest BCUT2D eigenvalue weighted by Crippen LogP contribution is -2.30. The van der Waals surface area contributed by atoms with Crippen LogP contribution in [0.2, 0.25) is 0 Å². The molecule has 0 fully saturated rings. The second-order valence-electron chi connectivity index (χ2n) is 9.41. The van der Waals surface area contributed by atoms with Crippen LogP contribution in [0.3, 0.4) is 0 Å². The highest BCUT2D eigenvalue weighted by atomic mass is 79.9. The summed E-state index contributed by atoms with van der Waals surface area (Å²) in [5, 5.41) is 8.27. The van der Waals surface area contributed by atoms with E-state index in [9.17, 15) is 14.4 Å². The smallest absolute Gasteiger partial charge is 0.272 e. The van der Waals surface area contributed by atoms with E-state index in [-0.39, 0.29) is 16.9 Å². The van der Waals surface area contributed by atoms with Crippen LogP contribution in [0.25, 0.3) is 6.08 Å². The lowest BCUT2D eigenvalue weighted by Gasteiger charge is -2.15. The number of hydrogen-bond donors (Lipinski definition) is 3. The summed E-state index contributed by atoms with van der Waals surface area (Å²) in [5.41, 5.74) is 4.77. The summed E-state index contributed by atoms with van der Waals surface area (Å²) in [7, 11) is 0. The highest BCUT2D eigenvalue weighted by Crippen LogP contribution is 2.28. The van der Waals surface area contributed by atoms with Crippen LogP contribution >= 0.6 is 27.7 Å². The zero-order valence-electron chi connectivity index (χ0n) is 22.9. The van der Waals surface area contributed by atoms with Gasteiger partial charge in [0.25, 0.3) is 11.8 Å². The maximum Gasteiger partial charge on any atom is 0.272 e. The number of benzene rings is 4. The van der Waals surface area contributed by atoms with Crippen LogP contribution in [0.1, 0.15) is 34.0 Å². The summed E-state index contributed by atoms with van der Waals surface area (Å²) in [6.45, 7) is 5.83. The van der Waals surface area contributed by atoms with E-state index < -0.39 is 11.8 Å². The van der Waals surface area contributed by atoms with Gasteiger partial charge in [0.15, 0.2) is 0 Å². The molecule has 3 N–H and O–H groups in total. The van der Waals surface area contributed by atoms with E-state index in [1.54, 1.807) is 42.5 Å².